The lowest BCUT2D eigenvalue weighted by atomic mass is 10.1. The average molecular weight is 416 g/mol. The molecule has 1 fully saturated rings. The van der Waals surface area contributed by atoms with Crippen molar-refractivity contribution < 1.29 is 9.47 Å². The molecule has 1 aliphatic rings. The number of hydrogen-bond acceptors (Lipinski definition) is 6. The van der Waals surface area contributed by atoms with Gasteiger partial charge in [0, 0.05) is 31.4 Å². The molecule has 1 N–H and O–H groups in total. The highest BCUT2D eigenvalue weighted by Crippen LogP contribution is 2.36. The molecule has 0 spiro atoms. The van der Waals surface area contributed by atoms with Crippen LogP contribution in [0.4, 0.5) is 17.3 Å². The fourth-order valence-corrected chi connectivity index (χ4v) is 4.30. The van der Waals surface area contributed by atoms with Crippen molar-refractivity contribution in [1.82, 2.24) is 14.6 Å². The monoisotopic (exact) mass is 415 g/mol. The van der Waals surface area contributed by atoms with E-state index < -0.39 is 0 Å². The number of ether oxygens (including phenoxy) is 2. The first kappa shape index (κ1) is 19.8. The Morgan fingerprint density at radius 1 is 1.28 bits per heavy atom. The van der Waals surface area contributed by atoms with Crippen LogP contribution in [0.5, 0.6) is 5.75 Å². The molecule has 8 heteroatoms. The minimum absolute atomic E-state index is 0.306. The lowest BCUT2D eigenvalue weighted by Gasteiger charge is -2.29. The molecule has 0 radical (unpaired) electrons. The average Bonchev–Trinajstić information content (AvgIpc) is 3.30. The molecule has 3 heterocycles. The van der Waals surface area contributed by atoms with E-state index >= 15 is 0 Å². The first-order valence-electron chi connectivity index (χ1n) is 9.72. The van der Waals surface area contributed by atoms with Gasteiger partial charge in [0.25, 0.3) is 0 Å². The van der Waals surface area contributed by atoms with Crippen LogP contribution >= 0.6 is 11.6 Å². The molecular weight excluding hydrogens is 390 g/mol. The van der Waals surface area contributed by atoms with Gasteiger partial charge < -0.3 is 19.7 Å². The van der Waals surface area contributed by atoms with Crippen molar-refractivity contribution in [3.63, 3.8) is 0 Å². The molecule has 0 saturated carbocycles. The minimum atomic E-state index is 0.306. The van der Waals surface area contributed by atoms with E-state index in [0.29, 0.717) is 29.3 Å². The van der Waals surface area contributed by atoms with Crippen LogP contribution in [0.1, 0.15) is 18.9 Å². The van der Waals surface area contributed by atoms with Gasteiger partial charge in [0.2, 0.25) is 0 Å². The van der Waals surface area contributed by atoms with E-state index in [1.165, 1.54) is 0 Å². The van der Waals surface area contributed by atoms with E-state index in [9.17, 15) is 0 Å². The third-order valence-corrected chi connectivity index (χ3v) is 5.74. The summed E-state index contributed by atoms with van der Waals surface area (Å²) in [6.45, 7) is 5.98. The Balaban J connectivity index is 1.78. The number of halogens is 1. The summed E-state index contributed by atoms with van der Waals surface area (Å²) in [5, 5.41) is 8.51. The van der Waals surface area contributed by atoms with Crippen LogP contribution in [-0.4, -0.2) is 48.0 Å². The quantitative estimate of drug-likeness (QED) is 0.647. The van der Waals surface area contributed by atoms with E-state index in [1.54, 1.807) is 26.5 Å². The largest absolute Gasteiger partial charge is 0.497 e. The molecule has 1 aromatic carbocycles. The van der Waals surface area contributed by atoms with Gasteiger partial charge in [-0.2, -0.15) is 9.61 Å². The van der Waals surface area contributed by atoms with E-state index in [0.717, 1.165) is 41.5 Å². The Hall–Kier alpha value is -2.51. The molecule has 7 nitrogen and oxygen atoms in total. The van der Waals surface area contributed by atoms with Crippen LogP contribution in [0.25, 0.3) is 5.65 Å². The first-order chi connectivity index (χ1) is 14.0. The smallest absolute Gasteiger partial charge is 0.159 e. The standard InChI is InChI=1S/C21H26ClN5O2/c1-13-9-15(12-28-3)26(11-13)21-14(2)20(25-19-7-8-23-27(19)21)24-18-6-5-16(29-4)10-17(18)22/h5-8,10,13,15H,9,11-12H2,1-4H3,(H,24,25)/t13-,15-/m0/s1. The predicted octanol–water partition coefficient (Wildman–Crippen LogP) is 4.30. The Bertz CT molecular complexity index is 1020. The second-order valence-corrected chi connectivity index (χ2v) is 7.99. The van der Waals surface area contributed by atoms with Gasteiger partial charge in [-0.15, -0.1) is 0 Å². The maximum absolute atomic E-state index is 6.44. The number of rotatable bonds is 6. The van der Waals surface area contributed by atoms with E-state index in [-0.39, 0.29) is 0 Å². The third-order valence-electron chi connectivity index (χ3n) is 5.42. The van der Waals surface area contributed by atoms with Crippen molar-refractivity contribution in [3.8, 4) is 5.75 Å². The summed E-state index contributed by atoms with van der Waals surface area (Å²) in [6.07, 6.45) is 2.87. The maximum atomic E-state index is 6.44. The van der Waals surface area contributed by atoms with Crippen LogP contribution in [0.3, 0.4) is 0 Å². The van der Waals surface area contributed by atoms with Crippen LogP contribution in [-0.2, 0) is 4.74 Å². The fourth-order valence-electron chi connectivity index (χ4n) is 4.08. The van der Waals surface area contributed by atoms with Crippen LogP contribution in [0, 0.1) is 12.8 Å². The Labute approximate surface area is 175 Å². The van der Waals surface area contributed by atoms with Gasteiger partial charge in [-0.1, -0.05) is 18.5 Å². The van der Waals surface area contributed by atoms with Crippen molar-refractivity contribution in [2.24, 2.45) is 5.92 Å². The molecular formula is C21H26ClN5O2. The van der Waals surface area contributed by atoms with Crippen LogP contribution in [0.15, 0.2) is 30.5 Å². The number of methoxy groups -OCH3 is 2. The summed E-state index contributed by atoms with van der Waals surface area (Å²) in [5.74, 6) is 3.10. The molecule has 3 aromatic rings. The summed E-state index contributed by atoms with van der Waals surface area (Å²) in [6, 6.07) is 7.77. The van der Waals surface area contributed by atoms with Crippen molar-refractivity contribution in [2.45, 2.75) is 26.3 Å². The van der Waals surface area contributed by atoms with Crippen molar-refractivity contribution in [3.05, 3.63) is 41.0 Å². The highest BCUT2D eigenvalue weighted by atomic mass is 35.5. The summed E-state index contributed by atoms with van der Waals surface area (Å²) in [4.78, 5) is 7.17. The predicted molar refractivity (Wildman–Crippen MR) is 116 cm³/mol. The first-order valence-corrected chi connectivity index (χ1v) is 10.1. The van der Waals surface area contributed by atoms with Gasteiger partial charge in [-0.3, -0.25) is 0 Å². The zero-order chi connectivity index (χ0) is 20.5. The highest BCUT2D eigenvalue weighted by Gasteiger charge is 2.33. The highest BCUT2D eigenvalue weighted by molar-refractivity contribution is 6.33. The molecule has 0 aliphatic carbocycles. The zero-order valence-corrected chi connectivity index (χ0v) is 17.9. The van der Waals surface area contributed by atoms with Gasteiger partial charge >= 0.3 is 0 Å². The molecule has 4 rings (SSSR count). The van der Waals surface area contributed by atoms with Crippen molar-refractivity contribution in [2.75, 3.05) is 37.6 Å². The second kappa shape index (κ2) is 8.08. The molecule has 2 aromatic heterocycles. The normalized spacial score (nSPS) is 19.1. The second-order valence-electron chi connectivity index (χ2n) is 7.58. The van der Waals surface area contributed by atoms with E-state index in [4.69, 9.17) is 26.1 Å². The number of hydrogen-bond donors (Lipinski definition) is 1. The number of nitrogens with zero attached hydrogens (tertiary/aromatic N) is 4. The number of anilines is 3. The van der Waals surface area contributed by atoms with Crippen LogP contribution < -0.4 is 15.0 Å². The number of benzene rings is 1. The Kier molecular flexibility index (Phi) is 5.52. The fraction of sp³-hybridized carbons (Fsp3) is 0.429. The number of nitrogens with one attached hydrogen (secondary N) is 1. The molecule has 154 valence electrons. The summed E-state index contributed by atoms with van der Waals surface area (Å²) >= 11 is 6.44. The molecule has 2 atom stereocenters. The zero-order valence-electron chi connectivity index (χ0n) is 17.1. The van der Waals surface area contributed by atoms with Crippen LogP contribution in [0.2, 0.25) is 5.02 Å². The number of fused-ring (bicyclic) bond motifs is 1. The maximum Gasteiger partial charge on any atom is 0.159 e. The summed E-state index contributed by atoms with van der Waals surface area (Å²) in [5.41, 5.74) is 2.58. The lowest BCUT2D eigenvalue weighted by Crippen LogP contribution is -2.35. The lowest BCUT2D eigenvalue weighted by molar-refractivity contribution is 0.179. The SMILES string of the molecule is COC[C@@H]1C[C@H](C)CN1c1c(C)c(Nc2ccc(OC)cc2Cl)nc2ccnn12. The topological polar surface area (TPSA) is 63.9 Å². The van der Waals surface area contributed by atoms with Gasteiger partial charge in [-0.05, 0) is 31.4 Å². The third kappa shape index (κ3) is 3.72. The molecule has 0 unspecified atom stereocenters. The van der Waals surface area contributed by atoms with Crippen molar-refractivity contribution in [1.29, 1.82) is 0 Å². The van der Waals surface area contributed by atoms with Gasteiger partial charge in [0.05, 0.1) is 36.7 Å². The summed E-state index contributed by atoms with van der Waals surface area (Å²) < 4.78 is 12.6. The van der Waals surface area contributed by atoms with E-state index in [2.05, 4.69) is 29.2 Å². The van der Waals surface area contributed by atoms with Gasteiger partial charge in [0.1, 0.15) is 17.4 Å². The molecule has 0 amide bonds. The number of aromatic nitrogens is 3. The molecule has 1 aliphatic heterocycles. The Morgan fingerprint density at radius 2 is 2.10 bits per heavy atom. The van der Waals surface area contributed by atoms with Crippen molar-refractivity contribution >= 4 is 34.6 Å². The molecule has 29 heavy (non-hydrogen) atoms. The minimum Gasteiger partial charge on any atom is -0.497 e. The Morgan fingerprint density at radius 3 is 2.83 bits per heavy atom. The van der Waals surface area contributed by atoms with E-state index in [1.807, 2.05) is 22.7 Å². The van der Waals surface area contributed by atoms with Gasteiger partial charge in [-0.25, -0.2) is 4.98 Å². The summed E-state index contributed by atoms with van der Waals surface area (Å²) in [7, 11) is 3.38. The molecule has 1 saturated heterocycles. The van der Waals surface area contributed by atoms with Gasteiger partial charge in [0.15, 0.2) is 5.65 Å². The molecule has 0 bridgehead atoms.